The molecule has 0 aromatic heterocycles. The second-order valence-electron chi connectivity index (χ2n) is 2.62. The molecule has 14 heavy (non-hydrogen) atoms. The standard InChI is InChI=1S/C7H15N3O4/c1-8-10(12-2)14-7(11)9-3-5-13-6-4-9/h8H,3-6H2,1-2H3. The number of nitrogens with one attached hydrogen (secondary N) is 1. The number of rotatable bonds is 3. The van der Waals surface area contributed by atoms with Gasteiger partial charge in [0.05, 0.1) is 25.7 Å². The van der Waals surface area contributed by atoms with E-state index in [1.54, 1.807) is 11.9 Å². The Hall–Kier alpha value is -0.890. The van der Waals surface area contributed by atoms with E-state index in [0.717, 1.165) is 5.34 Å². The maximum absolute atomic E-state index is 11.4. The summed E-state index contributed by atoms with van der Waals surface area (Å²) in [5.74, 6) is 0. The fourth-order valence-corrected chi connectivity index (χ4v) is 1.05. The first-order chi connectivity index (χ1) is 6.77. The lowest BCUT2D eigenvalue weighted by Crippen LogP contribution is -2.45. The summed E-state index contributed by atoms with van der Waals surface area (Å²) >= 11 is 0. The van der Waals surface area contributed by atoms with Crippen molar-refractivity contribution >= 4 is 6.09 Å². The Morgan fingerprint density at radius 3 is 2.64 bits per heavy atom. The van der Waals surface area contributed by atoms with Crippen molar-refractivity contribution in [2.45, 2.75) is 0 Å². The summed E-state index contributed by atoms with van der Waals surface area (Å²) in [5.41, 5.74) is 2.53. The van der Waals surface area contributed by atoms with Crippen LogP contribution in [0, 0.1) is 0 Å². The molecule has 1 rings (SSSR count). The third kappa shape index (κ3) is 3.11. The quantitative estimate of drug-likeness (QED) is 0.619. The van der Waals surface area contributed by atoms with Gasteiger partial charge in [0.2, 0.25) is 0 Å². The van der Waals surface area contributed by atoms with Gasteiger partial charge >= 0.3 is 6.09 Å². The molecule has 1 heterocycles. The molecule has 82 valence electrons. The number of amides is 1. The average molecular weight is 205 g/mol. The number of carbonyl (C=O) groups is 1. The molecule has 0 saturated carbocycles. The zero-order valence-electron chi connectivity index (χ0n) is 8.36. The van der Waals surface area contributed by atoms with Crippen LogP contribution in [0.1, 0.15) is 0 Å². The summed E-state index contributed by atoms with van der Waals surface area (Å²) in [7, 11) is 2.97. The molecule has 1 N–H and O–H groups in total. The largest absolute Gasteiger partial charge is 0.432 e. The molecule has 1 fully saturated rings. The maximum atomic E-state index is 11.4. The molecule has 0 spiro atoms. The molecule has 0 aliphatic carbocycles. The minimum absolute atomic E-state index is 0.454. The minimum atomic E-state index is -0.454. The minimum Gasteiger partial charge on any atom is -0.378 e. The molecule has 0 aromatic carbocycles. The topological polar surface area (TPSA) is 63.3 Å². The summed E-state index contributed by atoms with van der Waals surface area (Å²) in [4.78, 5) is 22.5. The van der Waals surface area contributed by atoms with E-state index in [1.807, 2.05) is 0 Å². The molecule has 1 amide bonds. The lowest BCUT2D eigenvalue weighted by atomic mass is 10.5. The predicted octanol–water partition coefficient (Wildman–Crippen LogP) is -0.632. The molecule has 1 saturated heterocycles. The van der Waals surface area contributed by atoms with Gasteiger partial charge in [-0.1, -0.05) is 0 Å². The van der Waals surface area contributed by atoms with E-state index in [4.69, 9.17) is 9.57 Å². The summed E-state index contributed by atoms with van der Waals surface area (Å²) in [6.45, 7) is 2.17. The van der Waals surface area contributed by atoms with Crippen molar-refractivity contribution in [2.24, 2.45) is 0 Å². The maximum Gasteiger partial charge on any atom is 0.432 e. The fraction of sp³-hybridized carbons (Fsp3) is 0.857. The number of hydrazine groups is 1. The molecule has 0 atom stereocenters. The van der Waals surface area contributed by atoms with Crippen molar-refractivity contribution in [1.29, 1.82) is 0 Å². The van der Waals surface area contributed by atoms with Crippen LogP contribution in [0.25, 0.3) is 0 Å². The molecular weight excluding hydrogens is 190 g/mol. The van der Waals surface area contributed by atoms with Crippen LogP contribution in [0.5, 0.6) is 0 Å². The molecule has 7 heteroatoms. The first-order valence-corrected chi connectivity index (χ1v) is 4.34. The van der Waals surface area contributed by atoms with Gasteiger partial charge in [0.25, 0.3) is 0 Å². The van der Waals surface area contributed by atoms with E-state index in [0.29, 0.717) is 26.3 Å². The number of hydrogen-bond donors (Lipinski definition) is 1. The second kappa shape index (κ2) is 5.76. The van der Waals surface area contributed by atoms with Crippen LogP contribution in [-0.4, -0.2) is 56.8 Å². The van der Waals surface area contributed by atoms with E-state index in [2.05, 4.69) is 10.3 Å². The first-order valence-electron chi connectivity index (χ1n) is 4.34. The lowest BCUT2D eigenvalue weighted by molar-refractivity contribution is -0.352. The van der Waals surface area contributed by atoms with Gasteiger partial charge in [0.15, 0.2) is 0 Å². The monoisotopic (exact) mass is 205 g/mol. The van der Waals surface area contributed by atoms with Crippen LogP contribution in [0.4, 0.5) is 4.79 Å². The Kier molecular flexibility index (Phi) is 4.60. The van der Waals surface area contributed by atoms with Crippen LogP contribution in [0.2, 0.25) is 0 Å². The Labute approximate surface area is 82.4 Å². The van der Waals surface area contributed by atoms with Gasteiger partial charge in [0, 0.05) is 20.1 Å². The van der Waals surface area contributed by atoms with Gasteiger partial charge in [-0.3, -0.25) is 4.84 Å². The summed E-state index contributed by atoms with van der Waals surface area (Å²) < 4.78 is 5.10. The summed E-state index contributed by atoms with van der Waals surface area (Å²) in [6, 6.07) is 0. The van der Waals surface area contributed by atoms with Crippen molar-refractivity contribution in [1.82, 2.24) is 15.7 Å². The zero-order valence-corrected chi connectivity index (χ0v) is 8.36. The Bertz CT molecular complexity index is 180. The predicted molar refractivity (Wildman–Crippen MR) is 46.8 cm³/mol. The van der Waals surface area contributed by atoms with Crippen LogP contribution in [0.3, 0.4) is 0 Å². The lowest BCUT2D eigenvalue weighted by Gasteiger charge is -2.27. The smallest absolute Gasteiger partial charge is 0.378 e. The van der Waals surface area contributed by atoms with Crippen molar-refractivity contribution in [2.75, 3.05) is 40.5 Å². The highest BCUT2D eigenvalue weighted by atomic mass is 17.0. The van der Waals surface area contributed by atoms with E-state index >= 15 is 0 Å². The number of ether oxygens (including phenoxy) is 1. The van der Waals surface area contributed by atoms with Crippen molar-refractivity contribution in [3.05, 3.63) is 0 Å². The van der Waals surface area contributed by atoms with Crippen LogP contribution in [0.15, 0.2) is 0 Å². The highest BCUT2D eigenvalue weighted by molar-refractivity contribution is 5.67. The SMILES string of the molecule is CNN(OC)OC(=O)N1CCOCC1. The Morgan fingerprint density at radius 1 is 1.50 bits per heavy atom. The molecular formula is C7H15N3O4. The first kappa shape index (κ1) is 11.2. The van der Waals surface area contributed by atoms with E-state index in [-0.39, 0.29) is 0 Å². The molecule has 1 aliphatic rings. The van der Waals surface area contributed by atoms with Gasteiger partial charge in [-0.25, -0.2) is 4.79 Å². The van der Waals surface area contributed by atoms with Crippen molar-refractivity contribution in [3.63, 3.8) is 0 Å². The number of carbonyl (C=O) groups excluding carboxylic acids is 1. The molecule has 0 unspecified atom stereocenters. The molecule has 0 bridgehead atoms. The van der Waals surface area contributed by atoms with E-state index < -0.39 is 6.09 Å². The van der Waals surface area contributed by atoms with Crippen molar-refractivity contribution < 1.29 is 19.2 Å². The van der Waals surface area contributed by atoms with Crippen LogP contribution >= 0.6 is 0 Å². The summed E-state index contributed by atoms with van der Waals surface area (Å²) in [6.07, 6.45) is -0.454. The zero-order chi connectivity index (χ0) is 10.4. The Balaban J connectivity index is 2.32. The third-order valence-corrected chi connectivity index (χ3v) is 1.78. The molecule has 0 radical (unpaired) electrons. The van der Waals surface area contributed by atoms with Gasteiger partial charge in [-0.15, -0.1) is 0 Å². The van der Waals surface area contributed by atoms with Crippen LogP contribution < -0.4 is 5.43 Å². The highest BCUT2D eigenvalue weighted by Gasteiger charge is 2.20. The molecule has 1 aliphatic heterocycles. The van der Waals surface area contributed by atoms with Gasteiger partial charge < -0.3 is 14.5 Å². The van der Waals surface area contributed by atoms with E-state index in [1.165, 1.54) is 7.11 Å². The van der Waals surface area contributed by atoms with Gasteiger partial charge in [0.1, 0.15) is 0 Å². The number of nitrogens with zero attached hydrogens (tertiary/aromatic N) is 2. The number of morpholine rings is 1. The van der Waals surface area contributed by atoms with Gasteiger partial charge in [-0.05, 0) is 0 Å². The third-order valence-electron chi connectivity index (χ3n) is 1.78. The van der Waals surface area contributed by atoms with Gasteiger partial charge in [-0.2, -0.15) is 5.43 Å². The molecule has 0 aromatic rings. The van der Waals surface area contributed by atoms with Crippen molar-refractivity contribution in [3.8, 4) is 0 Å². The average Bonchev–Trinajstić information content (AvgIpc) is 2.26. The molecule has 7 nitrogen and oxygen atoms in total. The number of hydrogen-bond acceptors (Lipinski definition) is 6. The summed E-state index contributed by atoms with van der Waals surface area (Å²) in [5, 5.41) is 0.887. The normalized spacial score (nSPS) is 17.2. The Morgan fingerprint density at radius 2 is 2.14 bits per heavy atom. The van der Waals surface area contributed by atoms with E-state index in [9.17, 15) is 4.79 Å². The fourth-order valence-electron chi connectivity index (χ4n) is 1.05. The van der Waals surface area contributed by atoms with Crippen LogP contribution in [-0.2, 0) is 14.4 Å². The highest BCUT2D eigenvalue weighted by Crippen LogP contribution is 2.00. The second-order valence-corrected chi connectivity index (χ2v) is 2.62.